The van der Waals surface area contributed by atoms with E-state index in [-0.39, 0.29) is 18.7 Å². The van der Waals surface area contributed by atoms with Crippen LogP contribution in [0.15, 0.2) is 48.5 Å². The molecule has 11 heteroatoms. The van der Waals surface area contributed by atoms with E-state index in [1.807, 2.05) is 24.3 Å². The molecule has 0 fully saturated rings. The van der Waals surface area contributed by atoms with Crippen molar-refractivity contribution in [3.8, 4) is 0 Å². The highest BCUT2D eigenvalue weighted by Gasteiger charge is 2.28. The molecule has 2 rings (SSSR count). The summed E-state index contributed by atoms with van der Waals surface area (Å²) in [5, 5.41) is 1.99. The summed E-state index contributed by atoms with van der Waals surface area (Å²) < 4.78 is 18.8. The molecule has 0 aliphatic rings. The van der Waals surface area contributed by atoms with Crippen molar-refractivity contribution in [2.24, 2.45) is 5.73 Å². The second kappa shape index (κ2) is 13.8. The minimum absolute atomic E-state index is 0.152. The summed E-state index contributed by atoms with van der Waals surface area (Å²) in [6.45, 7) is 3.10. The van der Waals surface area contributed by atoms with Crippen LogP contribution < -0.4 is 16.0 Å². The van der Waals surface area contributed by atoms with Crippen LogP contribution in [0, 0.1) is 5.82 Å². The number of ether oxygens (including phenoxy) is 1. The van der Waals surface area contributed by atoms with Gasteiger partial charge >= 0.3 is 5.97 Å². The summed E-state index contributed by atoms with van der Waals surface area (Å²) >= 11 is 11.8. The van der Waals surface area contributed by atoms with E-state index in [9.17, 15) is 14.0 Å². The Bertz CT molecular complexity index is 954. The van der Waals surface area contributed by atoms with Gasteiger partial charge in [-0.15, -0.1) is 23.2 Å². The fourth-order valence-electron chi connectivity index (χ4n) is 3.46. The van der Waals surface area contributed by atoms with E-state index >= 15 is 0 Å². The molecule has 188 valence electrons. The van der Waals surface area contributed by atoms with Crippen LogP contribution in [-0.2, 0) is 27.2 Å². The Morgan fingerprint density at radius 1 is 1.03 bits per heavy atom. The van der Waals surface area contributed by atoms with Crippen LogP contribution in [0.4, 0.5) is 10.1 Å². The lowest BCUT2D eigenvalue weighted by molar-refractivity contribution is -0.151. The monoisotopic (exact) mass is 521 g/mol. The van der Waals surface area contributed by atoms with Crippen molar-refractivity contribution in [3.05, 3.63) is 65.5 Å². The minimum atomic E-state index is -0.958. The van der Waals surface area contributed by atoms with Crippen LogP contribution in [0.25, 0.3) is 0 Å². The first-order valence-corrected chi connectivity index (χ1v) is 12.6. The molecule has 0 aliphatic carbocycles. The third-order valence-corrected chi connectivity index (χ3v) is 5.50. The summed E-state index contributed by atoms with van der Waals surface area (Å²) in [7, 11) is 3.50. The number of carbonyl (C=O) groups excluding carboxylic acids is 2. The lowest BCUT2D eigenvalue weighted by Gasteiger charge is -2.26. The predicted octanol–water partition coefficient (Wildman–Crippen LogP) is 1.19. The first-order valence-electron chi connectivity index (χ1n) is 11.5. The van der Waals surface area contributed by atoms with Crippen molar-refractivity contribution in [2.75, 3.05) is 29.7 Å². The van der Waals surface area contributed by atoms with E-state index in [0.717, 1.165) is 11.3 Å². The average molecular weight is 522 g/mol. The number of hydrogen-bond acceptors (Lipinski definition) is 5. The van der Waals surface area contributed by atoms with Crippen molar-refractivity contribution in [2.45, 2.75) is 37.2 Å². The molecule has 0 spiro atoms. The fraction of sp³-hybridized carbons (Fsp3) is 0.417. The van der Waals surface area contributed by atoms with Crippen LogP contribution in [0.3, 0.4) is 0 Å². The Kier molecular flexibility index (Phi) is 11.4. The maximum absolute atomic E-state index is 13.3. The number of halogens is 3. The number of nitrogens with zero attached hydrogens (tertiary/aromatic N) is 1. The van der Waals surface area contributed by atoms with Gasteiger partial charge < -0.3 is 20.7 Å². The van der Waals surface area contributed by atoms with Gasteiger partial charge in [-0.1, -0.05) is 24.3 Å². The van der Waals surface area contributed by atoms with Gasteiger partial charge in [-0.2, -0.15) is 0 Å². The van der Waals surface area contributed by atoms with Gasteiger partial charge in [-0.25, -0.2) is 9.18 Å². The largest absolute Gasteiger partial charge is 0.477 e. The Labute approximate surface area is 218 Å². The maximum Gasteiger partial charge on any atom is 0.328 e. The molecule has 0 heterocycles. The normalized spacial score (nSPS) is 13.1. The molecule has 0 saturated carbocycles. The molecule has 0 radical (unpaired) electrons. The highest BCUT2D eigenvalue weighted by molar-refractivity contribution is 6.39. The standard InChI is InChI=1S/C24H32B2Cl2FN3O3/c1-24(25,26)35-23(34)21(15-17-2-6-18(29)7-3-17)31-22(33)20(30)14-16-4-8-19(9-5-16)32(12-10-27)13-11-28/h2-9,20-21H,10-15,25-26,30H2,1H3,(H,31,33). The zero-order valence-corrected chi connectivity index (χ0v) is 21.9. The zero-order chi connectivity index (χ0) is 26.0. The van der Waals surface area contributed by atoms with Crippen LogP contribution >= 0.6 is 23.2 Å². The summed E-state index contributed by atoms with van der Waals surface area (Å²) in [5.74, 6) is -0.461. The second-order valence-corrected chi connectivity index (χ2v) is 10.0. The van der Waals surface area contributed by atoms with E-state index in [4.69, 9.17) is 33.7 Å². The van der Waals surface area contributed by atoms with Gasteiger partial charge in [0.25, 0.3) is 0 Å². The molecule has 6 nitrogen and oxygen atoms in total. The minimum Gasteiger partial charge on any atom is -0.477 e. The number of nitrogens with one attached hydrogen (secondary N) is 1. The van der Waals surface area contributed by atoms with E-state index in [1.165, 1.54) is 12.1 Å². The molecule has 0 bridgehead atoms. The van der Waals surface area contributed by atoms with Gasteiger partial charge in [-0.05, 0) is 48.7 Å². The molecule has 2 atom stereocenters. The van der Waals surface area contributed by atoms with Crippen molar-refractivity contribution in [1.29, 1.82) is 0 Å². The molecule has 2 aromatic carbocycles. The molecule has 2 unspecified atom stereocenters. The average Bonchev–Trinajstić information content (AvgIpc) is 2.79. The first-order chi connectivity index (χ1) is 16.5. The Balaban J connectivity index is 2.07. The highest BCUT2D eigenvalue weighted by Crippen LogP contribution is 2.17. The number of hydrogen-bond donors (Lipinski definition) is 2. The number of alkyl halides is 2. The summed E-state index contributed by atoms with van der Waals surface area (Å²) in [5.41, 5.74) is 8.72. The Morgan fingerprint density at radius 2 is 1.54 bits per heavy atom. The van der Waals surface area contributed by atoms with Crippen LogP contribution in [0.1, 0.15) is 18.1 Å². The molecule has 35 heavy (non-hydrogen) atoms. The van der Waals surface area contributed by atoms with Crippen molar-refractivity contribution in [1.82, 2.24) is 5.32 Å². The van der Waals surface area contributed by atoms with Gasteiger partial charge in [0.2, 0.25) is 5.91 Å². The summed E-state index contributed by atoms with van der Waals surface area (Å²) in [6.07, 6.45) is 0.439. The predicted molar refractivity (Wildman–Crippen MR) is 145 cm³/mol. The quantitative estimate of drug-likeness (QED) is 0.235. The number of benzene rings is 2. The highest BCUT2D eigenvalue weighted by atomic mass is 35.5. The number of nitrogens with two attached hydrogens (primary N) is 1. The SMILES string of the molecule is BC(B)(C)OC(=O)C(Cc1ccc(F)cc1)NC(=O)C(N)Cc1ccc(N(CCCl)CCCl)cc1. The van der Waals surface area contributed by atoms with Crippen molar-refractivity contribution < 1.29 is 18.7 Å². The number of carbonyl (C=O) groups is 2. The molecular weight excluding hydrogens is 490 g/mol. The first kappa shape index (κ1) is 29.0. The maximum atomic E-state index is 13.3. The molecule has 3 N–H and O–H groups in total. The molecule has 0 aliphatic heterocycles. The van der Waals surface area contributed by atoms with Gasteiger partial charge in [0.05, 0.1) is 6.04 Å². The molecule has 2 aromatic rings. The third-order valence-electron chi connectivity index (χ3n) is 5.16. The van der Waals surface area contributed by atoms with Crippen LogP contribution in [0.5, 0.6) is 0 Å². The van der Waals surface area contributed by atoms with E-state index in [0.29, 0.717) is 30.4 Å². The summed E-state index contributed by atoms with van der Waals surface area (Å²) in [4.78, 5) is 27.7. The van der Waals surface area contributed by atoms with Gasteiger partial charge in [0.15, 0.2) is 0 Å². The zero-order valence-electron chi connectivity index (χ0n) is 20.4. The van der Waals surface area contributed by atoms with Crippen LogP contribution in [0.2, 0.25) is 0 Å². The van der Waals surface area contributed by atoms with Gasteiger partial charge in [-0.3, -0.25) is 4.79 Å². The number of rotatable bonds is 13. The fourth-order valence-corrected chi connectivity index (χ4v) is 3.87. The lowest BCUT2D eigenvalue weighted by Crippen LogP contribution is -2.52. The number of anilines is 1. The smallest absolute Gasteiger partial charge is 0.328 e. The topological polar surface area (TPSA) is 84.7 Å². The van der Waals surface area contributed by atoms with Crippen molar-refractivity contribution >= 4 is 56.5 Å². The second-order valence-electron chi connectivity index (χ2n) is 9.27. The van der Waals surface area contributed by atoms with Crippen LogP contribution in [-0.4, -0.2) is 69.9 Å². The lowest BCUT2D eigenvalue weighted by atomic mass is 9.67. The molecule has 1 amide bonds. The Hall–Kier alpha value is -2.22. The third kappa shape index (κ3) is 10.1. The number of esters is 1. The summed E-state index contributed by atoms with van der Waals surface area (Å²) in [6, 6.07) is 11.6. The van der Waals surface area contributed by atoms with E-state index < -0.39 is 29.4 Å². The molecule has 0 saturated heterocycles. The number of amides is 1. The molecule has 0 aromatic heterocycles. The van der Waals surface area contributed by atoms with E-state index in [2.05, 4.69) is 10.2 Å². The van der Waals surface area contributed by atoms with E-state index in [1.54, 1.807) is 34.7 Å². The van der Waals surface area contributed by atoms with Gasteiger partial charge in [0, 0.05) is 42.4 Å². The Morgan fingerprint density at radius 3 is 2.06 bits per heavy atom. The van der Waals surface area contributed by atoms with Crippen molar-refractivity contribution in [3.63, 3.8) is 0 Å². The molecular formula is C24H32B2Cl2FN3O3. The van der Waals surface area contributed by atoms with Gasteiger partial charge in [0.1, 0.15) is 27.6 Å².